The number of para-hydroxylation sites is 1. The fourth-order valence-corrected chi connectivity index (χ4v) is 3.51. The molecule has 0 atom stereocenters. The van der Waals surface area contributed by atoms with Crippen molar-refractivity contribution < 1.29 is 9.59 Å². The predicted octanol–water partition coefficient (Wildman–Crippen LogP) is 4.94. The number of carbonyl (C=O) groups excluding carboxylic acids is 2. The molecule has 0 saturated carbocycles. The van der Waals surface area contributed by atoms with Crippen molar-refractivity contribution in [1.29, 1.82) is 0 Å². The lowest BCUT2D eigenvalue weighted by molar-refractivity contribution is -0.111. The molecular weight excluding hydrogens is 450 g/mol. The number of pyridine rings is 1. The van der Waals surface area contributed by atoms with Crippen molar-refractivity contribution >= 4 is 35.2 Å². The molecule has 0 bridgehead atoms. The second-order valence-corrected chi connectivity index (χ2v) is 8.08. The van der Waals surface area contributed by atoms with E-state index in [2.05, 4.69) is 10.3 Å². The van der Waals surface area contributed by atoms with E-state index >= 15 is 0 Å². The van der Waals surface area contributed by atoms with Crippen molar-refractivity contribution in [1.82, 2.24) is 19.7 Å². The summed E-state index contributed by atoms with van der Waals surface area (Å²) in [5.41, 5.74) is 3.98. The van der Waals surface area contributed by atoms with E-state index in [0.29, 0.717) is 22.0 Å². The molecule has 0 fully saturated rings. The van der Waals surface area contributed by atoms with Crippen LogP contribution >= 0.6 is 11.6 Å². The molecule has 0 saturated heterocycles. The molecular formula is C26H22ClN5O2. The van der Waals surface area contributed by atoms with Gasteiger partial charge in [0.2, 0.25) is 5.91 Å². The van der Waals surface area contributed by atoms with Gasteiger partial charge in [-0.15, -0.1) is 0 Å². The predicted molar refractivity (Wildman–Crippen MR) is 134 cm³/mol. The zero-order valence-electron chi connectivity index (χ0n) is 18.6. The van der Waals surface area contributed by atoms with E-state index in [9.17, 15) is 9.59 Å². The number of rotatable bonds is 6. The van der Waals surface area contributed by atoms with Crippen molar-refractivity contribution in [2.75, 3.05) is 19.4 Å². The number of hydrogen-bond acceptors (Lipinski definition) is 4. The standard InChI is InChI=1S/C26H22ClN5O2/c1-31(2)26(34)22-15-20(11-12-23(22)27)29-24(33)13-10-19-17-32(21-8-4-3-5-9-21)30-25(19)18-7-6-14-28-16-18/h3-17H,1-2H3,(H,29,33)/b13-10+. The van der Waals surface area contributed by atoms with Crippen molar-refractivity contribution in [3.05, 3.63) is 101 Å². The second-order valence-electron chi connectivity index (χ2n) is 7.67. The van der Waals surface area contributed by atoms with Crippen LogP contribution in [0.4, 0.5) is 5.69 Å². The van der Waals surface area contributed by atoms with Gasteiger partial charge in [0.25, 0.3) is 5.91 Å². The SMILES string of the molecule is CN(C)C(=O)c1cc(NC(=O)/C=C/c2cn(-c3ccccc3)nc2-c2cccnc2)ccc1Cl. The number of amides is 2. The Morgan fingerprint density at radius 2 is 1.85 bits per heavy atom. The van der Waals surface area contributed by atoms with Gasteiger partial charge < -0.3 is 10.2 Å². The molecule has 1 N–H and O–H groups in total. The third-order valence-corrected chi connectivity index (χ3v) is 5.31. The van der Waals surface area contributed by atoms with Crippen LogP contribution in [-0.4, -0.2) is 45.6 Å². The summed E-state index contributed by atoms with van der Waals surface area (Å²) < 4.78 is 1.76. The maximum absolute atomic E-state index is 12.6. The normalized spacial score (nSPS) is 10.9. The molecule has 4 aromatic rings. The first kappa shape index (κ1) is 22.9. The van der Waals surface area contributed by atoms with E-state index in [1.54, 1.807) is 55.4 Å². The fraction of sp³-hybridized carbons (Fsp3) is 0.0769. The molecule has 0 aliphatic carbocycles. The van der Waals surface area contributed by atoms with Gasteiger partial charge in [-0.1, -0.05) is 29.8 Å². The number of carbonyl (C=O) groups is 2. The van der Waals surface area contributed by atoms with Crippen LogP contribution in [0.25, 0.3) is 23.0 Å². The maximum atomic E-state index is 12.6. The van der Waals surface area contributed by atoms with Crippen LogP contribution in [0.15, 0.2) is 85.3 Å². The number of nitrogens with zero attached hydrogens (tertiary/aromatic N) is 4. The molecule has 0 aliphatic rings. The Balaban J connectivity index is 1.60. The highest BCUT2D eigenvalue weighted by Gasteiger charge is 2.14. The van der Waals surface area contributed by atoms with Crippen LogP contribution in [0.2, 0.25) is 5.02 Å². The number of aromatic nitrogens is 3. The second kappa shape index (κ2) is 10.1. The van der Waals surface area contributed by atoms with E-state index in [0.717, 1.165) is 16.8 Å². The molecule has 0 unspecified atom stereocenters. The smallest absolute Gasteiger partial charge is 0.254 e. The van der Waals surface area contributed by atoms with Crippen LogP contribution in [0, 0.1) is 0 Å². The van der Waals surface area contributed by atoms with E-state index in [1.165, 1.54) is 11.0 Å². The van der Waals surface area contributed by atoms with Gasteiger partial charge in [-0.2, -0.15) is 5.10 Å². The van der Waals surface area contributed by atoms with Crippen molar-refractivity contribution in [2.24, 2.45) is 0 Å². The molecule has 7 nitrogen and oxygen atoms in total. The summed E-state index contributed by atoms with van der Waals surface area (Å²) in [5.74, 6) is -0.596. The summed E-state index contributed by atoms with van der Waals surface area (Å²) in [7, 11) is 3.28. The lowest BCUT2D eigenvalue weighted by Gasteiger charge is -2.13. The fourth-order valence-electron chi connectivity index (χ4n) is 3.31. The molecule has 2 aromatic carbocycles. The molecule has 2 heterocycles. The van der Waals surface area contributed by atoms with Crippen LogP contribution in [0.5, 0.6) is 0 Å². The minimum absolute atomic E-state index is 0.244. The molecule has 170 valence electrons. The average molecular weight is 472 g/mol. The van der Waals surface area contributed by atoms with Gasteiger partial charge in [-0.25, -0.2) is 4.68 Å². The zero-order valence-corrected chi connectivity index (χ0v) is 19.4. The molecule has 34 heavy (non-hydrogen) atoms. The van der Waals surface area contributed by atoms with Gasteiger partial charge in [0.05, 0.1) is 16.3 Å². The Morgan fingerprint density at radius 1 is 1.06 bits per heavy atom. The molecule has 2 aromatic heterocycles. The summed E-state index contributed by atoms with van der Waals surface area (Å²) in [5, 5.41) is 7.80. The van der Waals surface area contributed by atoms with Crippen LogP contribution in [0.1, 0.15) is 15.9 Å². The Morgan fingerprint density at radius 3 is 2.56 bits per heavy atom. The molecule has 8 heteroatoms. The van der Waals surface area contributed by atoms with Gasteiger partial charge >= 0.3 is 0 Å². The molecule has 2 amide bonds. The van der Waals surface area contributed by atoms with Crippen LogP contribution in [-0.2, 0) is 4.79 Å². The first-order valence-corrected chi connectivity index (χ1v) is 10.9. The topological polar surface area (TPSA) is 80.1 Å². The third kappa shape index (κ3) is 5.22. The summed E-state index contributed by atoms with van der Waals surface area (Å²) >= 11 is 6.15. The van der Waals surface area contributed by atoms with Crippen molar-refractivity contribution in [3.63, 3.8) is 0 Å². The zero-order chi connectivity index (χ0) is 24.1. The van der Waals surface area contributed by atoms with Gasteiger partial charge in [0.15, 0.2) is 0 Å². The van der Waals surface area contributed by atoms with Crippen molar-refractivity contribution in [3.8, 4) is 16.9 Å². The Bertz CT molecular complexity index is 1350. The Kier molecular flexibility index (Phi) is 6.85. The van der Waals surface area contributed by atoms with E-state index in [-0.39, 0.29) is 11.8 Å². The summed E-state index contributed by atoms with van der Waals surface area (Å²) in [4.78, 5) is 30.6. The van der Waals surface area contributed by atoms with Gasteiger partial charge in [-0.05, 0) is 48.5 Å². The van der Waals surface area contributed by atoms with E-state index in [1.807, 2.05) is 48.7 Å². The molecule has 0 aliphatic heterocycles. The van der Waals surface area contributed by atoms with E-state index in [4.69, 9.17) is 16.7 Å². The highest BCUT2D eigenvalue weighted by molar-refractivity contribution is 6.34. The van der Waals surface area contributed by atoms with Crippen LogP contribution in [0.3, 0.4) is 0 Å². The van der Waals surface area contributed by atoms with Gasteiger partial charge in [0.1, 0.15) is 5.69 Å². The van der Waals surface area contributed by atoms with Gasteiger partial charge in [-0.3, -0.25) is 14.6 Å². The first-order chi connectivity index (χ1) is 16.4. The number of nitrogens with one attached hydrogen (secondary N) is 1. The number of halogens is 1. The molecule has 0 radical (unpaired) electrons. The quantitative estimate of drug-likeness (QED) is 0.404. The van der Waals surface area contributed by atoms with Crippen LogP contribution < -0.4 is 5.32 Å². The highest BCUT2D eigenvalue weighted by Crippen LogP contribution is 2.25. The largest absolute Gasteiger partial charge is 0.345 e. The average Bonchev–Trinajstić information content (AvgIpc) is 3.29. The minimum atomic E-state index is -0.352. The number of anilines is 1. The Hall–Kier alpha value is -4.23. The maximum Gasteiger partial charge on any atom is 0.254 e. The van der Waals surface area contributed by atoms with Gasteiger partial charge in [0, 0.05) is 55.6 Å². The lowest BCUT2D eigenvalue weighted by Crippen LogP contribution is -2.22. The monoisotopic (exact) mass is 471 g/mol. The summed E-state index contributed by atoms with van der Waals surface area (Å²) in [6, 6.07) is 18.3. The molecule has 0 spiro atoms. The first-order valence-electron chi connectivity index (χ1n) is 10.5. The Labute approximate surface area is 202 Å². The van der Waals surface area contributed by atoms with E-state index < -0.39 is 0 Å². The summed E-state index contributed by atoms with van der Waals surface area (Å²) in [6.45, 7) is 0. The highest BCUT2D eigenvalue weighted by atomic mass is 35.5. The van der Waals surface area contributed by atoms with Crippen molar-refractivity contribution in [2.45, 2.75) is 0 Å². The molecule has 4 rings (SSSR count). The summed E-state index contributed by atoms with van der Waals surface area (Å²) in [6.07, 6.45) is 8.41. The number of hydrogen-bond donors (Lipinski definition) is 1. The third-order valence-electron chi connectivity index (χ3n) is 4.98. The minimum Gasteiger partial charge on any atom is -0.345 e. The number of benzene rings is 2. The lowest BCUT2D eigenvalue weighted by atomic mass is 10.1.